The van der Waals surface area contributed by atoms with Crippen LogP contribution in [0.2, 0.25) is 0 Å². The Kier molecular flexibility index (Phi) is 4.60. The molecule has 1 aromatic carbocycles. The summed E-state index contributed by atoms with van der Waals surface area (Å²) in [5, 5.41) is 7.25. The molecule has 1 aliphatic rings. The van der Waals surface area contributed by atoms with Crippen molar-refractivity contribution >= 4 is 40.2 Å². The van der Waals surface area contributed by atoms with E-state index in [0.717, 1.165) is 48.0 Å². The summed E-state index contributed by atoms with van der Waals surface area (Å²) in [6.45, 7) is 1.46. The van der Waals surface area contributed by atoms with Gasteiger partial charge in [-0.15, -0.1) is 0 Å². The van der Waals surface area contributed by atoms with E-state index in [4.69, 9.17) is 0 Å². The fourth-order valence-electron chi connectivity index (χ4n) is 3.58. The van der Waals surface area contributed by atoms with Crippen LogP contribution in [0.15, 0.2) is 49.1 Å². The first-order chi connectivity index (χ1) is 14.3. The van der Waals surface area contributed by atoms with Crippen LogP contribution in [0.3, 0.4) is 0 Å². The van der Waals surface area contributed by atoms with Gasteiger partial charge in [0.2, 0.25) is 5.91 Å². The van der Waals surface area contributed by atoms with E-state index in [2.05, 4.69) is 34.0 Å². The molecule has 3 aromatic heterocycles. The summed E-state index contributed by atoms with van der Waals surface area (Å²) in [5.74, 6) is 1.37. The first-order valence-electron chi connectivity index (χ1n) is 9.37. The standard InChI is InChI=1S/C19H18N8OS/c28-19(23-14-5-1-6-15-18(14)25-29-24-15)13-4-2-8-26(11-13)16-10-17(21-12-20-16)27-9-3-7-22-27/h1,3,5-7,9-10,12-13H,2,4,8,11H2,(H,23,28)/t13-/m0/s1. The molecule has 0 unspecified atom stereocenters. The minimum absolute atomic E-state index is 0.00319. The molecule has 1 N–H and O–H groups in total. The van der Waals surface area contributed by atoms with Crippen LogP contribution in [-0.2, 0) is 4.79 Å². The molecule has 29 heavy (non-hydrogen) atoms. The number of nitrogens with zero attached hydrogens (tertiary/aromatic N) is 7. The molecule has 1 atom stereocenters. The molecule has 5 rings (SSSR count). The third-order valence-electron chi connectivity index (χ3n) is 5.04. The molecule has 0 bridgehead atoms. The van der Waals surface area contributed by atoms with Gasteiger partial charge in [-0.25, -0.2) is 14.6 Å². The number of piperidine rings is 1. The molecule has 4 aromatic rings. The largest absolute Gasteiger partial charge is 0.356 e. The van der Waals surface area contributed by atoms with E-state index in [1.807, 2.05) is 36.5 Å². The molecule has 4 heterocycles. The minimum atomic E-state index is -0.131. The summed E-state index contributed by atoms with van der Waals surface area (Å²) in [6.07, 6.45) is 6.84. The van der Waals surface area contributed by atoms with E-state index in [1.54, 1.807) is 10.9 Å². The molecular formula is C19H18N8OS. The first-order valence-corrected chi connectivity index (χ1v) is 10.1. The zero-order chi connectivity index (χ0) is 19.6. The Morgan fingerprint density at radius 1 is 1.17 bits per heavy atom. The van der Waals surface area contributed by atoms with Crippen LogP contribution in [-0.4, -0.2) is 47.5 Å². The Balaban J connectivity index is 1.32. The second-order valence-corrected chi connectivity index (χ2v) is 7.43. The van der Waals surface area contributed by atoms with Crippen LogP contribution in [0, 0.1) is 5.92 Å². The van der Waals surface area contributed by atoms with Crippen LogP contribution < -0.4 is 10.2 Å². The zero-order valence-electron chi connectivity index (χ0n) is 15.5. The maximum atomic E-state index is 12.9. The van der Waals surface area contributed by atoms with Gasteiger partial charge in [-0.05, 0) is 31.0 Å². The molecule has 146 valence electrons. The summed E-state index contributed by atoms with van der Waals surface area (Å²) in [5.41, 5.74) is 2.24. The molecular weight excluding hydrogens is 388 g/mol. The molecule has 1 amide bonds. The number of carbonyl (C=O) groups is 1. The van der Waals surface area contributed by atoms with E-state index < -0.39 is 0 Å². The Labute approximate surface area is 170 Å². The zero-order valence-corrected chi connectivity index (χ0v) is 16.3. The number of anilines is 2. The average Bonchev–Trinajstić information content (AvgIpc) is 3.46. The number of rotatable bonds is 4. The summed E-state index contributed by atoms with van der Waals surface area (Å²) in [4.78, 5) is 23.8. The third-order valence-corrected chi connectivity index (χ3v) is 5.58. The predicted molar refractivity (Wildman–Crippen MR) is 110 cm³/mol. The number of hydrogen-bond acceptors (Lipinski definition) is 8. The molecule has 1 saturated heterocycles. The smallest absolute Gasteiger partial charge is 0.229 e. The lowest BCUT2D eigenvalue weighted by Crippen LogP contribution is -2.41. The van der Waals surface area contributed by atoms with Crippen LogP contribution in [0.4, 0.5) is 11.5 Å². The normalized spacial score (nSPS) is 16.8. The van der Waals surface area contributed by atoms with Crippen molar-refractivity contribution in [3.8, 4) is 5.82 Å². The van der Waals surface area contributed by atoms with Gasteiger partial charge in [0.1, 0.15) is 23.2 Å². The van der Waals surface area contributed by atoms with Crippen LogP contribution >= 0.6 is 11.7 Å². The van der Waals surface area contributed by atoms with Gasteiger partial charge in [0, 0.05) is 31.5 Å². The molecule has 1 fully saturated rings. The van der Waals surface area contributed by atoms with Gasteiger partial charge in [-0.1, -0.05) is 6.07 Å². The molecule has 0 aliphatic carbocycles. The Bertz CT molecular complexity index is 1140. The molecule has 0 spiro atoms. The number of hydrogen-bond donors (Lipinski definition) is 1. The number of nitrogens with one attached hydrogen (secondary N) is 1. The lowest BCUT2D eigenvalue weighted by molar-refractivity contribution is -0.120. The van der Waals surface area contributed by atoms with Gasteiger partial charge in [0.05, 0.1) is 23.3 Å². The predicted octanol–water partition coefficient (Wildman–Crippen LogP) is 2.52. The Morgan fingerprint density at radius 3 is 3.00 bits per heavy atom. The fourth-order valence-corrected chi connectivity index (χ4v) is 4.13. The van der Waals surface area contributed by atoms with E-state index in [9.17, 15) is 4.79 Å². The van der Waals surface area contributed by atoms with Crippen molar-refractivity contribution in [2.75, 3.05) is 23.3 Å². The minimum Gasteiger partial charge on any atom is -0.356 e. The maximum Gasteiger partial charge on any atom is 0.229 e. The number of amides is 1. The van der Waals surface area contributed by atoms with E-state index in [1.165, 1.54) is 6.33 Å². The van der Waals surface area contributed by atoms with Gasteiger partial charge in [-0.2, -0.15) is 13.8 Å². The highest BCUT2D eigenvalue weighted by Crippen LogP contribution is 2.26. The number of fused-ring (bicyclic) bond motifs is 1. The number of benzene rings is 1. The van der Waals surface area contributed by atoms with Crippen molar-refractivity contribution in [3.05, 3.63) is 49.1 Å². The molecule has 0 radical (unpaired) electrons. The summed E-state index contributed by atoms with van der Waals surface area (Å²) >= 11 is 1.15. The van der Waals surface area contributed by atoms with Gasteiger partial charge in [0.25, 0.3) is 0 Å². The maximum absolute atomic E-state index is 12.9. The van der Waals surface area contributed by atoms with Gasteiger partial charge >= 0.3 is 0 Å². The molecule has 10 heteroatoms. The molecule has 9 nitrogen and oxygen atoms in total. The fraction of sp³-hybridized carbons (Fsp3) is 0.263. The van der Waals surface area contributed by atoms with Crippen LogP contribution in [0.25, 0.3) is 16.9 Å². The molecule has 0 saturated carbocycles. The van der Waals surface area contributed by atoms with Gasteiger partial charge in [0.15, 0.2) is 5.82 Å². The number of aromatic nitrogens is 6. The Hall–Kier alpha value is -3.40. The van der Waals surface area contributed by atoms with Gasteiger partial charge in [-0.3, -0.25) is 4.79 Å². The second kappa shape index (κ2) is 7.55. The highest BCUT2D eigenvalue weighted by Gasteiger charge is 2.27. The van der Waals surface area contributed by atoms with Crippen molar-refractivity contribution in [1.82, 2.24) is 28.5 Å². The van der Waals surface area contributed by atoms with Crippen LogP contribution in [0.5, 0.6) is 0 Å². The van der Waals surface area contributed by atoms with Crippen molar-refractivity contribution in [3.63, 3.8) is 0 Å². The second-order valence-electron chi connectivity index (χ2n) is 6.90. The highest BCUT2D eigenvalue weighted by atomic mass is 32.1. The number of carbonyl (C=O) groups excluding carboxylic acids is 1. The van der Waals surface area contributed by atoms with Crippen molar-refractivity contribution < 1.29 is 4.79 Å². The Morgan fingerprint density at radius 2 is 2.10 bits per heavy atom. The van der Waals surface area contributed by atoms with Crippen molar-refractivity contribution in [2.45, 2.75) is 12.8 Å². The lowest BCUT2D eigenvalue weighted by atomic mass is 9.97. The lowest BCUT2D eigenvalue weighted by Gasteiger charge is -2.32. The van der Waals surface area contributed by atoms with Gasteiger partial charge < -0.3 is 10.2 Å². The van der Waals surface area contributed by atoms with E-state index in [-0.39, 0.29) is 11.8 Å². The summed E-state index contributed by atoms with van der Waals surface area (Å²) in [6, 6.07) is 9.38. The third kappa shape index (κ3) is 3.54. The quantitative estimate of drug-likeness (QED) is 0.556. The van der Waals surface area contributed by atoms with E-state index >= 15 is 0 Å². The van der Waals surface area contributed by atoms with Crippen molar-refractivity contribution in [1.29, 1.82) is 0 Å². The molecule has 1 aliphatic heterocycles. The highest BCUT2D eigenvalue weighted by molar-refractivity contribution is 7.00. The van der Waals surface area contributed by atoms with E-state index in [0.29, 0.717) is 18.1 Å². The monoisotopic (exact) mass is 406 g/mol. The topological polar surface area (TPSA) is 102 Å². The van der Waals surface area contributed by atoms with Crippen molar-refractivity contribution in [2.24, 2.45) is 5.92 Å². The average molecular weight is 406 g/mol. The summed E-state index contributed by atoms with van der Waals surface area (Å²) < 4.78 is 10.2. The summed E-state index contributed by atoms with van der Waals surface area (Å²) in [7, 11) is 0. The SMILES string of the molecule is O=C(Nc1cccc2nsnc12)[C@H]1CCCN(c2cc(-n3cccn3)ncn2)C1. The first kappa shape index (κ1) is 17.7. The van der Waals surface area contributed by atoms with Crippen LogP contribution in [0.1, 0.15) is 12.8 Å².